The molecule has 1 aromatic rings. The van der Waals surface area contributed by atoms with Gasteiger partial charge in [-0.15, -0.1) is 0 Å². The Morgan fingerprint density at radius 3 is 2.57 bits per heavy atom. The van der Waals surface area contributed by atoms with E-state index in [1.807, 2.05) is 24.6 Å². The highest BCUT2D eigenvalue weighted by Gasteiger charge is 2.18. The van der Waals surface area contributed by atoms with E-state index in [4.69, 9.17) is 5.73 Å². The molecular weight excluding hydrogens is 270 g/mol. The van der Waals surface area contributed by atoms with E-state index in [2.05, 4.69) is 29.5 Å². The van der Waals surface area contributed by atoms with Crippen molar-refractivity contribution in [2.24, 2.45) is 17.6 Å². The zero-order chi connectivity index (χ0) is 16.0. The summed E-state index contributed by atoms with van der Waals surface area (Å²) in [7, 11) is 0. The lowest BCUT2D eigenvalue weighted by Gasteiger charge is -2.15. The number of nitrogens with one attached hydrogen (secondary N) is 2. The van der Waals surface area contributed by atoms with Crippen LogP contribution in [-0.4, -0.2) is 34.0 Å². The van der Waals surface area contributed by atoms with Crippen molar-refractivity contribution in [3.05, 3.63) is 12.4 Å². The van der Waals surface area contributed by atoms with Gasteiger partial charge in [0.1, 0.15) is 0 Å². The van der Waals surface area contributed by atoms with E-state index >= 15 is 0 Å². The molecule has 0 saturated carbocycles. The summed E-state index contributed by atoms with van der Waals surface area (Å²) in [6.45, 7) is 8.52. The smallest absolute Gasteiger partial charge is 0.246 e. The average molecular weight is 295 g/mol. The molecule has 2 amide bonds. The molecule has 0 radical (unpaired) electrons. The van der Waals surface area contributed by atoms with Gasteiger partial charge < -0.3 is 15.6 Å². The van der Waals surface area contributed by atoms with E-state index in [1.165, 1.54) is 0 Å². The molecule has 1 heterocycles. The molecule has 0 unspecified atom stereocenters. The SMILES string of the molecule is CC(C)Cn1ccnc1NC(=O)CNC(=O)[C@@H](N)C(C)C. The number of hydrogen-bond donors (Lipinski definition) is 3. The molecule has 0 fully saturated rings. The van der Waals surface area contributed by atoms with Gasteiger partial charge in [-0.05, 0) is 11.8 Å². The van der Waals surface area contributed by atoms with Crippen LogP contribution in [0, 0.1) is 11.8 Å². The molecule has 21 heavy (non-hydrogen) atoms. The van der Waals surface area contributed by atoms with Crippen LogP contribution in [0.5, 0.6) is 0 Å². The quantitative estimate of drug-likeness (QED) is 0.684. The second-order valence-corrected chi connectivity index (χ2v) is 5.83. The minimum Gasteiger partial charge on any atom is -0.346 e. The first-order chi connectivity index (χ1) is 9.81. The Kier molecular flexibility index (Phi) is 6.36. The summed E-state index contributed by atoms with van der Waals surface area (Å²) in [5.74, 6) is 0.300. The van der Waals surface area contributed by atoms with E-state index in [1.54, 1.807) is 6.20 Å². The monoisotopic (exact) mass is 295 g/mol. The van der Waals surface area contributed by atoms with Gasteiger partial charge in [0, 0.05) is 18.9 Å². The first kappa shape index (κ1) is 17.2. The van der Waals surface area contributed by atoms with E-state index in [9.17, 15) is 9.59 Å². The van der Waals surface area contributed by atoms with E-state index in [0.29, 0.717) is 11.9 Å². The van der Waals surface area contributed by atoms with Crippen molar-refractivity contribution >= 4 is 17.8 Å². The van der Waals surface area contributed by atoms with Crippen molar-refractivity contribution in [1.29, 1.82) is 0 Å². The van der Waals surface area contributed by atoms with E-state index in [-0.39, 0.29) is 24.3 Å². The van der Waals surface area contributed by atoms with Crippen molar-refractivity contribution in [2.45, 2.75) is 40.3 Å². The van der Waals surface area contributed by atoms with Crippen LogP contribution in [0.4, 0.5) is 5.95 Å². The maximum absolute atomic E-state index is 11.8. The molecule has 0 aromatic carbocycles. The van der Waals surface area contributed by atoms with Crippen LogP contribution in [0.3, 0.4) is 0 Å². The van der Waals surface area contributed by atoms with E-state index < -0.39 is 6.04 Å². The van der Waals surface area contributed by atoms with Crippen LogP contribution in [-0.2, 0) is 16.1 Å². The largest absolute Gasteiger partial charge is 0.346 e. The normalized spacial score (nSPS) is 12.5. The highest BCUT2D eigenvalue weighted by molar-refractivity contribution is 5.94. The summed E-state index contributed by atoms with van der Waals surface area (Å²) < 4.78 is 1.87. The number of nitrogens with two attached hydrogens (primary N) is 1. The van der Waals surface area contributed by atoms with Crippen LogP contribution >= 0.6 is 0 Å². The number of amides is 2. The highest BCUT2D eigenvalue weighted by atomic mass is 16.2. The molecule has 1 rings (SSSR count). The maximum Gasteiger partial charge on any atom is 0.246 e. The lowest BCUT2D eigenvalue weighted by atomic mass is 10.1. The molecule has 0 aliphatic carbocycles. The summed E-state index contributed by atoms with van der Waals surface area (Å²) in [4.78, 5) is 27.6. The Bertz CT molecular complexity index is 481. The third-order valence-electron chi connectivity index (χ3n) is 2.97. The Morgan fingerprint density at radius 1 is 1.33 bits per heavy atom. The van der Waals surface area contributed by atoms with Crippen molar-refractivity contribution in [3.63, 3.8) is 0 Å². The lowest BCUT2D eigenvalue weighted by Crippen LogP contribution is -2.46. The fourth-order valence-corrected chi connectivity index (χ4v) is 1.73. The number of hydrogen-bond acceptors (Lipinski definition) is 4. The van der Waals surface area contributed by atoms with Gasteiger partial charge in [-0.2, -0.15) is 0 Å². The Balaban J connectivity index is 2.48. The number of carbonyl (C=O) groups is 2. The van der Waals surface area contributed by atoms with Gasteiger partial charge in [0.15, 0.2) is 0 Å². The van der Waals surface area contributed by atoms with E-state index in [0.717, 1.165) is 6.54 Å². The van der Waals surface area contributed by atoms with Crippen LogP contribution < -0.4 is 16.4 Å². The lowest BCUT2D eigenvalue weighted by molar-refractivity contribution is -0.125. The molecule has 4 N–H and O–H groups in total. The Morgan fingerprint density at radius 2 is 2.00 bits per heavy atom. The van der Waals surface area contributed by atoms with Gasteiger partial charge >= 0.3 is 0 Å². The molecule has 0 saturated heterocycles. The fourth-order valence-electron chi connectivity index (χ4n) is 1.73. The Labute approximate surface area is 125 Å². The maximum atomic E-state index is 11.8. The molecule has 1 aromatic heterocycles. The van der Waals surface area contributed by atoms with Crippen molar-refractivity contribution in [3.8, 4) is 0 Å². The minimum absolute atomic E-state index is 0.0259. The summed E-state index contributed by atoms with van der Waals surface area (Å²) in [5.41, 5.74) is 5.70. The summed E-state index contributed by atoms with van der Waals surface area (Å²) in [5, 5.41) is 5.20. The second-order valence-electron chi connectivity index (χ2n) is 5.83. The third-order valence-corrected chi connectivity index (χ3v) is 2.97. The zero-order valence-corrected chi connectivity index (χ0v) is 13.1. The first-order valence-corrected chi connectivity index (χ1v) is 7.15. The molecule has 118 valence electrons. The molecule has 0 aliphatic heterocycles. The molecule has 0 aliphatic rings. The fraction of sp³-hybridized carbons (Fsp3) is 0.643. The number of aromatic nitrogens is 2. The third kappa shape index (κ3) is 5.55. The van der Waals surface area contributed by atoms with Gasteiger partial charge in [-0.3, -0.25) is 14.9 Å². The number of rotatable bonds is 7. The van der Waals surface area contributed by atoms with Crippen molar-refractivity contribution in [2.75, 3.05) is 11.9 Å². The van der Waals surface area contributed by atoms with Crippen LogP contribution in [0.15, 0.2) is 12.4 Å². The summed E-state index contributed by atoms with van der Waals surface area (Å²) in [6.07, 6.45) is 3.44. The standard InChI is InChI=1S/C14H25N5O2/c1-9(2)8-19-6-5-16-14(19)18-11(20)7-17-13(21)12(15)10(3)4/h5-6,9-10,12H,7-8,15H2,1-4H3,(H,17,21)(H,16,18,20)/t12-/m0/s1. The highest BCUT2D eigenvalue weighted by Crippen LogP contribution is 2.08. The molecule has 7 heteroatoms. The van der Waals surface area contributed by atoms with Crippen molar-refractivity contribution < 1.29 is 9.59 Å². The number of anilines is 1. The molecule has 1 atom stereocenters. The van der Waals surface area contributed by atoms with Gasteiger partial charge in [0.25, 0.3) is 0 Å². The number of nitrogens with zero attached hydrogens (tertiary/aromatic N) is 2. The van der Waals surface area contributed by atoms with Crippen LogP contribution in [0.1, 0.15) is 27.7 Å². The summed E-state index contributed by atoms with van der Waals surface area (Å²) in [6, 6.07) is -0.610. The predicted molar refractivity (Wildman–Crippen MR) is 81.5 cm³/mol. The zero-order valence-electron chi connectivity index (χ0n) is 13.1. The van der Waals surface area contributed by atoms with Crippen molar-refractivity contribution in [1.82, 2.24) is 14.9 Å². The predicted octanol–water partition coefficient (Wildman–Crippen LogP) is 0.577. The molecule has 0 bridgehead atoms. The second kappa shape index (κ2) is 7.78. The van der Waals surface area contributed by atoms with Gasteiger partial charge in [-0.25, -0.2) is 4.98 Å². The number of carbonyl (C=O) groups excluding carboxylic acids is 2. The van der Waals surface area contributed by atoms with Gasteiger partial charge in [0.2, 0.25) is 17.8 Å². The van der Waals surface area contributed by atoms with Gasteiger partial charge in [0.05, 0.1) is 12.6 Å². The van der Waals surface area contributed by atoms with Crippen LogP contribution in [0.25, 0.3) is 0 Å². The number of imidazole rings is 1. The molecule has 0 spiro atoms. The average Bonchev–Trinajstić information content (AvgIpc) is 2.81. The first-order valence-electron chi connectivity index (χ1n) is 7.15. The molecular formula is C14H25N5O2. The summed E-state index contributed by atoms with van der Waals surface area (Å²) >= 11 is 0. The topological polar surface area (TPSA) is 102 Å². The van der Waals surface area contributed by atoms with Crippen LogP contribution in [0.2, 0.25) is 0 Å². The minimum atomic E-state index is -0.610. The molecule has 7 nitrogen and oxygen atoms in total. The van der Waals surface area contributed by atoms with Gasteiger partial charge in [-0.1, -0.05) is 27.7 Å². The Hall–Kier alpha value is -1.89.